The highest BCUT2D eigenvalue weighted by Gasteiger charge is 2.42. The first-order chi connectivity index (χ1) is 9.96. The molecule has 21 heavy (non-hydrogen) atoms. The van der Waals surface area contributed by atoms with E-state index in [1.54, 1.807) is 21.1 Å². The number of ether oxygens (including phenoxy) is 5. The Labute approximate surface area is 125 Å². The Morgan fingerprint density at radius 2 is 1.57 bits per heavy atom. The fourth-order valence-corrected chi connectivity index (χ4v) is 2.95. The van der Waals surface area contributed by atoms with Crippen molar-refractivity contribution < 1.29 is 33.9 Å². The van der Waals surface area contributed by atoms with Gasteiger partial charge in [0.2, 0.25) is 0 Å². The number of hydrogen-bond acceptors (Lipinski definition) is 7. The minimum absolute atomic E-state index is 0.268. The molecule has 0 aromatic rings. The monoisotopic (exact) mass is 306 g/mol. The van der Waals surface area contributed by atoms with Crippen LogP contribution in [0.1, 0.15) is 26.7 Å². The third-order valence-corrected chi connectivity index (χ3v) is 4.20. The lowest BCUT2D eigenvalue weighted by Crippen LogP contribution is -2.54. The first-order valence-electron chi connectivity index (χ1n) is 7.34. The van der Waals surface area contributed by atoms with Crippen LogP contribution in [0.25, 0.3) is 0 Å². The number of aliphatic hydroxyl groups excluding tert-OH is 2. The van der Waals surface area contributed by atoms with Crippen LogP contribution in [0.5, 0.6) is 0 Å². The zero-order valence-corrected chi connectivity index (χ0v) is 13.0. The van der Waals surface area contributed by atoms with Gasteiger partial charge in [0.25, 0.3) is 0 Å². The summed E-state index contributed by atoms with van der Waals surface area (Å²) in [5.74, 6) is 0. The SMILES string of the molecule is CO[C@H]1C[C@H](O[C@H]2[C@H](C)OC(O)C[C@@H]2OC)O[C@@H](C)[C@H]1O. The van der Waals surface area contributed by atoms with Crippen molar-refractivity contribution in [3.05, 3.63) is 0 Å². The van der Waals surface area contributed by atoms with Gasteiger partial charge in [0.05, 0.1) is 24.4 Å². The molecule has 0 bridgehead atoms. The molecule has 7 heteroatoms. The van der Waals surface area contributed by atoms with Gasteiger partial charge in [-0.2, -0.15) is 0 Å². The molecule has 2 aliphatic rings. The Morgan fingerprint density at radius 1 is 0.905 bits per heavy atom. The lowest BCUT2D eigenvalue weighted by molar-refractivity contribution is -0.310. The molecule has 0 aliphatic carbocycles. The highest BCUT2D eigenvalue weighted by molar-refractivity contribution is 4.86. The average Bonchev–Trinajstić information content (AvgIpc) is 2.45. The number of hydrogen-bond donors (Lipinski definition) is 2. The van der Waals surface area contributed by atoms with Crippen molar-refractivity contribution in [1.29, 1.82) is 0 Å². The van der Waals surface area contributed by atoms with E-state index in [-0.39, 0.29) is 30.5 Å². The summed E-state index contributed by atoms with van der Waals surface area (Å²) < 4.78 is 27.7. The zero-order chi connectivity index (χ0) is 15.6. The molecule has 2 saturated heterocycles. The van der Waals surface area contributed by atoms with Crippen LogP contribution in [0.3, 0.4) is 0 Å². The van der Waals surface area contributed by atoms with Gasteiger partial charge in [0.15, 0.2) is 12.6 Å². The first kappa shape index (κ1) is 17.1. The summed E-state index contributed by atoms with van der Waals surface area (Å²) in [6, 6.07) is 0. The Bertz CT molecular complexity index is 326. The Kier molecular flexibility index (Phi) is 5.96. The van der Waals surface area contributed by atoms with Crippen molar-refractivity contribution in [2.45, 2.75) is 75.9 Å². The van der Waals surface area contributed by atoms with Gasteiger partial charge in [0, 0.05) is 27.1 Å². The molecule has 0 amide bonds. The quantitative estimate of drug-likeness (QED) is 0.757. The minimum Gasteiger partial charge on any atom is -0.388 e. The maximum absolute atomic E-state index is 9.96. The second kappa shape index (κ2) is 7.32. The van der Waals surface area contributed by atoms with Crippen LogP contribution in [0, 0.1) is 0 Å². The van der Waals surface area contributed by atoms with Crippen LogP contribution in [-0.4, -0.2) is 73.6 Å². The number of methoxy groups -OCH3 is 2. The fraction of sp³-hybridized carbons (Fsp3) is 1.00. The molecular weight excluding hydrogens is 280 g/mol. The largest absolute Gasteiger partial charge is 0.388 e. The highest BCUT2D eigenvalue weighted by atomic mass is 16.7. The molecule has 2 aliphatic heterocycles. The van der Waals surface area contributed by atoms with Crippen LogP contribution in [-0.2, 0) is 23.7 Å². The lowest BCUT2D eigenvalue weighted by atomic mass is 10.0. The molecule has 0 aromatic heterocycles. The molecule has 8 atom stereocenters. The molecule has 0 saturated carbocycles. The van der Waals surface area contributed by atoms with Crippen molar-refractivity contribution in [3.63, 3.8) is 0 Å². The minimum atomic E-state index is -0.843. The van der Waals surface area contributed by atoms with Crippen molar-refractivity contribution in [2.75, 3.05) is 14.2 Å². The summed E-state index contributed by atoms with van der Waals surface area (Å²) in [6.07, 6.45) is -2.86. The van der Waals surface area contributed by atoms with Gasteiger partial charge < -0.3 is 33.9 Å². The molecule has 7 nitrogen and oxygen atoms in total. The Balaban J connectivity index is 1.99. The molecule has 0 spiro atoms. The van der Waals surface area contributed by atoms with E-state index in [0.29, 0.717) is 12.8 Å². The van der Waals surface area contributed by atoms with E-state index in [2.05, 4.69) is 0 Å². The van der Waals surface area contributed by atoms with Crippen molar-refractivity contribution in [2.24, 2.45) is 0 Å². The van der Waals surface area contributed by atoms with Crippen LogP contribution < -0.4 is 0 Å². The molecule has 0 radical (unpaired) electrons. The number of rotatable bonds is 4. The molecule has 2 fully saturated rings. The summed E-state index contributed by atoms with van der Waals surface area (Å²) in [7, 11) is 3.14. The van der Waals surface area contributed by atoms with Crippen LogP contribution >= 0.6 is 0 Å². The molecular formula is C14H26O7. The molecule has 1 unspecified atom stereocenters. The molecule has 0 aromatic carbocycles. The second-order valence-corrected chi connectivity index (χ2v) is 5.68. The van der Waals surface area contributed by atoms with Crippen LogP contribution in [0.15, 0.2) is 0 Å². The maximum atomic E-state index is 9.96. The predicted octanol–water partition coefficient (Wildman–Crippen LogP) is 0.0246. The van der Waals surface area contributed by atoms with Gasteiger partial charge in [-0.3, -0.25) is 0 Å². The van der Waals surface area contributed by atoms with Gasteiger partial charge in [0.1, 0.15) is 12.2 Å². The van der Waals surface area contributed by atoms with Gasteiger partial charge >= 0.3 is 0 Å². The lowest BCUT2D eigenvalue weighted by Gasteiger charge is -2.42. The summed E-state index contributed by atoms with van der Waals surface area (Å²) in [4.78, 5) is 0. The van der Waals surface area contributed by atoms with Crippen molar-refractivity contribution in [1.82, 2.24) is 0 Å². The normalized spacial score (nSPS) is 48.3. The number of aliphatic hydroxyl groups is 2. The summed E-state index contributed by atoms with van der Waals surface area (Å²) >= 11 is 0. The second-order valence-electron chi connectivity index (χ2n) is 5.68. The van der Waals surface area contributed by atoms with Crippen LogP contribution in [0.2, 0.25) is 0 Å². The van der Waals surface area contributed by atoms with E-state index in [4.69, 9.17) is 23.7 Å². The third kappa shape index (κ3) is 3.92. The molecule has 2 N–H and O–H groups in total. The van der Waals surface area contributed by atoms with E-state index in [0.717, 1.165) is 0 Å². The maximum Gasteiger partial charge on any atom is 0.161 e. The van der Waals surface area contributed by atoms with Crippen molar-refractivity contribution in [3.8, 4) is 0 Å². The molecule has 2 heterocycles. The Hall–Kier alpha value is -0.280. The predicted molar refractivity (Wildman–Crippen MR) is 72.6 cm³/mol. The summed E-state index contributed by atoms with van der Waals surface area (Å²) in [5, 5.41) is 19.6. The topological polar surface area (TPSA) is 86.6 Å². The molecule has 2 rings (SSSR count). The van der Waals surface area contributed by atoms with Gasteiger partial charge in [-0.15, -0.1) is 0 Å². The summed E-state index contributed by atoms with van der Waals surface area (Å²) in [5.41, 5.74) is 0. The fourth-order valence-electron chi connectivity index (χ4n) is 2.95. The summed E-state index contributed by atoms with van der Waals surface area (Å²) in [6.45, 7) is 3.61. The zero-order valence-electron chi connectivity index (χ0n) is 13.0. The standard InChI is InChI=1S/C14H26O7/c1-7-13(16)9(17-3)6-12(20-7)21-14-8(2)19-11(15)5-10(14)18-4/h7-16H,5-6H2,1-4H3/t7-,8-,9-,10-,11?,12-,13+,14-/m0/s1. The van der Waals surface area contributed by atoms with Crippen LogP contribution in [0.4, 0.5) is 0 Å². The van der Waals surface area contributed by atoms with Gasteiger partial charge in [-0.05, 0) is 13.8 Å². The van der Waals surface area contributed by atoms with E-state index in [9.17, 15) is 10.2 Å². The average molecular weight is 306 g/mol. The Morgan fingerprint density at radius 3 is 2.19 bits per heavy atom. The van der Waals surface area contributed by atoms with E-state index >= 15 is 0 Å². The van der Waals surface area contributed by atoms with Gasteiger partial charge in [-0.1, -0.05) is 0 Å². The highest BCUT2D eigenvalue weighted by Crippen LogP contribution is 2.29. The van der Waals surface area contributed by atoms with Crippen molar-refractivity contribution >= 4 is 0 Å². The molecule has 124 valence electrons. The van der Waals surface area contributed by atoms with E-state index < -0.39 is 18.7 Å². The first-order valence-corrected chi connectivity index (χ1v) is 7.34. The smallest absolute Gasteiger partial charge is 0.161 e. The third-order valence-electron chi connectivity index (χ3n) is 4.20. The van der Waals surface area contributed by atoms with E-state index in [1.165, 1.54) is 0 Å². The van der Waals surface area contributed by atoms with Gasteiger partial charge in [-0.25, -0.2) is 0 Å². The van der Waals surface area contributed by atoms with E-state index in [1.807, 2.05) is 6.92 Å².